The summed E-state index contributed by atoms with van der Waals surface area (Å²) >= 11 is 1.56. The molecule has 2 aromatic heterocycles. The number of nitrogens with one attached hydrogen (secondary N) is 1. The third-order valence-corrected chi connectivity index (χ3v) is 3.44. The van der Waals surface area contributed by atoms with E-state index in [1.54, 1.807) is 11.3 Å². The van der Waals surface area contributed by atoms with E-state index < -0.39 is 0 Å². The molecule has 0 aliphatic rings. The second-order valence-electron chi connectivity index (χ2n) is 3.56. The number of aromatic nitrogens is 3. The highest BCUT2D eigenvalue weighted by Crippen LogP contribution is 2.28. The normalized spacial score (nSPS) is 10.6. The summed E-state index contributed by atoms with van der Waals surface area (Å²) in [5.74, 6) is 0.738. The van der Waals surface area contributed by atoms with E-state index in [2.05, 4.69) is 20.5 Å². The molecule has 84 valence electrons. The molecule has 5 heteroatoms. The molecular weight excluding hydrogens is 232 g/mol. The molecule has 1 aromatic carbocycles. The van der Waals surface area contributed by atoms with Crippen LogP contribution in [0.25, 0.3) is 20.9 Å². The molecule has 0 atom stereocenters. The maximum Gasteiger partial charge on any atom is 0.166 e. The van der Waals surface area contributed by atoms with Gasteiger partial charge in [0.05, 0.1) is 0 Å². The van der Waals surface area contributed by atoms with Gasteiger partial charge in [0, 0.05) is 18.7 Å². The molecule has 17 heavy (non-hydrogen) atoms. The SMILES string of the molecule is CNc1cc2nc(-c3ccccc3)sc2nn1. The quantitative estimate of drug-likeness (QED) is 0.750. The number of anilines is 1. The third-order valence-electron chi connectivity index (χ3n) is 2.43. The summed E-state index contributed by atoms with van der Waals surface area (Å²) in [6, 6.07) is 12.0. The monoisotopic (exact) mass is 242 g/mol. The van der Waals surface area contributed by atoms with Gasteiger partial charge in [-0.15, -0.1) is 10.2 Å². The zero-order valence-corrected chi connectivity index (χ0v) is 10.0. The van der Waals surface area contributed by atoms with Crippen molar-refractivity contribution in [2.45, 2.75) is 0 Å². The molecule has 0 unspecified atom stereocenters. The maximum atomic E-state index is 4.57. The van der Waals surface area contributed by atoms with Crippen molar-refractivity contribution in [2.24, 2.45) is 0 Å². The van der Waals surface area contributed by atoms with Crippen LogP contribution in [0, 0.1) is 0 Å². The fourth-order valence-electron chi connectivity index (χ4n) is 1.57. The Balaban J connectivity index is 2.14. The lowest BCUT2D eigenvalue weighted by Gasteiger charge is -1.94. The molecule has 0 aliphatic carbocycles. The number of rotatable bonds is 2. The summed E-state index contributed by atoms with van der Waals surface area (Å²) in [7, 11) is 1.82. The molecule has 0 saturated carbocycles. The van der Waals surface area contributed by atoms with E-state index in [0.717, 1.165) is 26.7 Å². The van der Waals surface area contributed by atoms with Crippen molar-refractivity contribution < 1.29 is 0 Å². The van der Waals surface area contributed by atoms with Crippen LogP contribution >= 0.6 is 11.3 Å². The average molecular weight is 242 g/mol. The number of benzene rings is 1. The van der Waals surface area contributed by atoms with Gasteiger partial charge < -0.3 is 5.32 Å². The first-order chi connectivity index (χ1) is 8.36. The number of fused-ring (bicyclic) bond motifs is 1. The van der Waals surface area contributed by atoms with Crippen molar-refractivity contribution in [1.82, 2.24) is 15.2 Å². The molecule has 3 rings (SSSR count). The highest BCUT2D eigenvalue weighted by atomic mass is 32.1. The van der Waals surface area contributed by atoms with Gasteiger partial charge in [-0.3, -0.25) is 0 Å². The van der Waals surface area contributed by atoms with Crippen LogP contribution in [0.3, 0.4) is 0 Å². The predicted molar refractivity (Wildman–Crippen MR) is 70.2 cm³/mol. The zero-order valence-electron chi connectivity index (χ0n) is 9.21. The Hall–Kier alpha value is -2.01. The van der Waals surface area contributed by atoms with Crippen LogP contribution in [0.5, 0.6) is 0 Å². The van der Waals surface area contributed by atoms with Gasteiger partial charge in [-0.25, -0.2) is 4.98 Å². The fourth-order valence-corrected chi connectivity index (χ4v) is 2.45. The predicted octanol–water partition coefficient (Wildman–Crippen LogP) is 2.80. The standard InChI is InChI=1S/C12H10N4S/c1-13-10-7-9-12(16-15-10)17-11(14-9)8-5-3-2-4-6-8/h2-7H,1H3,(H,13,15). The molecular formula is C12H10N4S. The van der Waals surface area contributed by atoms with E-state index >= 15 is 0 Å². The lowest BCUT2D eigenvalue weighted by Crippen LogP contribution is -1.93. The first-order valence-corrected chi connectivity index (χ1v) is 6.06. The van der Waals surface area contributed by atoms with Gasteiger partial charge in [0.1, 0.15) is 10.5 Å². The highest BCUT2D eigenvalue weighted by Gasteiger charge is 2.07. The van der Waals surface area contributed by atoms with Crippen molar-refractivity contribution in [1.29, 1.82) is 0 Å². The average Bonchev–Trinajstić information content (AvgIpc) is 2.82. The fraction of sp³-hybridized carbons (Fsp3) is 0.0833. The lowest BCUT2D eigenvalue weighted by atomic mass is 10.2. The lowest BCUT2D eigenvalue weighted by molar-refractivity contribution is 1.08. The van der Waals surface area contributed by atoms with Gasteiger partial charge in [-0.2, -0.15) is 0 Å². The van der Waals surface area contributed by atoms with E-state index in [9.17, 15) is 0 Å². The minimum atomic E-state index is 0.738. The minimum absolute atomic E-state index is 0.738. The Morgan fingerprint density at radius 2 is 1.94 bits per heavy atom. The second-order valence-corrected chi connectivity index (χ2v) is 4.53. The number of nitrogens with zero attached hydrogens (tertiary/aromatic N) is 3. The Kier molecular flexibility index (Phi) is 2.45. The van der Waals surface area contributed by atoms with E-state index in [4.69, 9.17) is 0 Å². The van der Waals surface area contributed by atoms with Gasteiger partial charge in [0.25, 0.3) is 0 Å². The molecule has 0 aliphatic heterocycles. The van der Waals surface area contributed by atoms with Crippen molar-refractivity contribution in [3.05, 3.63) is 36.4 Å². The Bertz CT molecular complexity index is 648. The van der Waals surface area contributed by atoms with Crippen molar-refractivity contribution in [3.8, 4) is 10.6 Å². The van der Waals surface area contributed by atoms with Gasteiger partial charge in [0.2, 0.25) is 0 Å². The first-order valence-electron chi connectivity index (χ1n) is 5.24. The van der Waals surface area contributed by atoms with E-state index in [-0.39, 0.29) is 0 Å². The summed E-state index contributed by atoms with van der Waals surface area (Å²) in [6.07, 6.45) is 0. The zero-order chi connectivity index (χ0) is 11.7. The summed E-state index contributed by atoms with van der Waals surface area (Å²) in [6.45, 7) is 0. The van der Waals surface area contributed by atoms with Crippen molar-refractivity contribution in [2.75, 3.05) is 12.4 Å². The molecule has 0 saturated heterocycles. The summed E-state index contributed by atoms with van der Waals surface area (Å²) in [5, 5.41) is 12.1. The van der Waals surface area contributed by atoms with Crippen LogP contribution < -0.4 is 5.32 Å². The van der Waals surface area contributed by atoms with Gasteiger partial charge in [0.15, 0.2) is 10.6 Å². The van der Waals surface area contributed by atoms with Gasteiger partial charge in [-0.1, -0.05) is 41.7 Å². The molecule has 0 fully saturated rings. The molecule has 0 spiro atoms. The molecule has 4 nitrogen and oxygen atoms in total. The summed E-state index contributed by atoms with van der Waals surface area (Å²) in [4.78, 5) is 5.43. The molecule has 0 bridgehead atoms. The Morgan fingerprint density at radius 1 is 1.12 bits per heavy atom. The van der Waals surface area contributed by atoms with Crippen molar-refractivity contribution >= 4 is 27.5 Å². The van der Waals surface area contributed by atoms with Crippen LogP contribution in [0.15, 0.2) is 36.4 Å². The molecule has 1 N–H and O–H groups in total. The van der Waals surface area contributed by atoms with Crippen LogP contribution in [0.1, 0.15) is 0 Å². The Morgan fingerprint density at radius 3 is 2.71 bits per heavy atom. The third kappa shape index (κ3) is 1.85. The summed E-state index contributed by atoms with van der Waals surface area (Å²) in [5.41, 5.74) is 2.00. The van der Waals surface area contributed by atoms with Gasteiger partial charge >= 0.3 is 0 Å². The van der Waals surface area contributed by atoms with Crippen LogP contribution in [0.4, 0.5) is 5.82 Å². The van der Waals surface area contributed by atoms with Crippen LogP contribution in [0.2, 0.25) is 0 Å². The number of hydrogen-bond acceptors (Lipinski definition) is 5. The molecule has 3 aromatic rings. The smallest absolute Gasteiger partial charge is 0.166 e. The maximum absolute atomic E-state index is 4.57. The second kappa shape index (κ2) is 4.10. The molecule has 0 radical (unpaired) electrons. The van der Waals surface area contributed by atoms with E-state index in [1.807, 2.05) is 43.4 Å². The van der Waals surface area contributed by atoms with E-state index in [1.165, 1.54) is 0 Å². The molecule has 2 heterocycles. The van der Waals surface area contributed by atoms with Crippen LogP contribution in [-0.4, -0.2) is 22.2 Å². The highest BCUT2D eigenvalue weighted by molar-refractivity contribution is 7.21. The number of hydrogen-bond donors (Lipinski definition) is 1. The topological polar surface area (TPSA) is 50.7 Å². The Labute approximate surface area is 102 Å². The molecule has 0 amide bonds. The van der Waals surface area contributed by atoms with Gasteiger partial charge in [-0.05, 0) is 0 Å². The largest absolute Gasteiger partial charge is 0.372 e. The van der Waals surface area contributed by atoms with Crippen molar-refractivity contribution in [3.63, 3.8) is 0 Å². The summed E-state index contributed by atoms with van der Waals surface area (Å²) < 4.78 is 0. The minimum Gasteiger partial charge on any atom is -0.372 e. The van der Waals surface area contributed by atoms with E-state index in [0.29, 0.717) is 0 Å². The van der Waals surface area contributed by atoms with Crippen LogP contribution in [-0.2, 0) is 0 Å². The number of thiazole rings is 1. The first kappa shape index (κ1) is 10.2.